The third kappa shape index (κ3) is 6.27. The summed E-state index contributed by atoms with van der Waals surface area (Å²) in [5.74, 6) is -3.26. The Hall–Kier alpha value is -3.49. The Balaban J connectivity index is 1.79. The zero-order valence-electron chi connectivity index (χ0n) is 15.8. The van der Waals surface area contributed by atoms with E-state index in [1.807, 2.05) is 0 Å². The Morgan fingerprint density at radius 3 is 2.52 bits per heavy atom. The molecule has 2 amide bonds. The Bertz CT molecular complexity index is 904. The molecular weight excluding hydrogens is 386 g/mol. The highest BCUT2D eigenvalue weighted by atomic mass is 19.1. The predicted octanol–water partition coefficient (Wildman–Crippen LogP) is 2.66. The molecule has 0 saturated heterocycles. The summed E-state index contributed by atoms with van der Waals surface area (Å²) in [4.78, 5) is 36.0. The summed E-state index contributed by atoms with van der Waals surface area (Å²) in [6, 6.07) is 9.27. The number of ether oxygens (including phenoxy) is 2. The molecular formula is C20H20F2N2O5. The quantitative estimate of drug-likeness (QED) is 0.658. The highest BCUT2D eigenvalue weighted by Crippen LogP contribution is 2.17. The van der Waals surface area contributed by atoms with E-state index in [1.54, 1.807) is 24.3 Å². The van der Waals surface area contributed by atoms with Gasteiger partial charge in [-0.3, -0.25) is 14.4 Å². The number of methoxy groups -OCH3 is 1. The van der Waals surface area contributed by atoms with Crippen molar-refractivity contribution in [1.82, 2.24) is 5.32 Å². The van der Waals surface area contributed by atoms with Crippen molar-refractivity contribution in [3.63, 3.8) is 0 Å². The number of carbonyl (C=O) groups excluding carboxylic acids is 3. The molecule has 2 rings (SSSR count). The van der Waals surface area contributed by atoms with Gasteiger partial charge in [0.25, 0.3) is 11.8 Å². The first-order valence-electron chi connectivity index (χ1n) is 8.68. The van der Waals surface area contributed by atoms with Gasteiger partial charge in [-0.25, -0.2) is 8.78 Å². The van der Waals surface area contributed by atoms with Gasteiger partial charge in [0.15, 0.2) is 6.10 Å². The van der Waals surface area contributed by atoms with E-state index in [2.05, 4.69) is 10.6 Å². The van der Waals surface area contributed by atoms with Gasteiger partial charge in [-0.2, -0.15) is 0 Å². The Labute approximate surface area is 166 Å². The number of hydrogen-bond donors (Lipinski definition) is 2. The molecule has 2 N–H and O–H groups in total. The summed E-state index contributed by atoms with van der Waals surface area (Å²) in [6.45, 7) is 1.29. The van der Waals surface area contributed by atoms with E-state index in [4.69, 9.17) is 9.47 Å². The fraction of sp³-hybridized carbons (Fsp3) is 0.250. The van der Waals surface area contributed by atoms with Gasteiger partial charge >= 0.3 is 5.97 Å². The average molecular weight is 406 g/mol. The maximum Gasteiger partial charge on any atom is 0.308 e. The fourth-order valence-electron chi connectivity index (χ4n) is 2.34. The Morgan fingerprint density at radius 1 is 1.10 bits per heavy atom. The molecule has 0 aromatic heterocycles. The van der Waals surface area contributed by atoms with Crippen molar-refractivity contribution in [3.05, 3.63) is 59.7 Å². The molecule has 0 radical (unpaired) electrons. The molecule has 0 unspecified atom stereocenters. The lowest BCUT2D eigenvalue weighted by Crippen LogP contribution is -2.32. The highest BCUT2D eigenvalue weighted by molar-refractivity contribution is 5.97. The molecule has 154 valence electrons. The van der Waals surface area contributed by atoms with Gasteiger partial charge in [-0.05, 0) is 31.2 Å². The number of carbonyl (C=O) groups is 3. The molecule has 2 aromatic rings. The van der Waals surface area contributed by atoms with E-state index < -0.39 is 35.5 Å². The monoisotopic (exact) mass is 406 g/mol. The predicted molar refractivity (Wildman–Crippen MR) is 100 cm³/mol. The first-order chi connectivity index (χ1) is 13.8. The van der Waals surface area contributed by atoms with Crippen molar-refractivity contribution in [2.24, 2.45) is 0 Å². The molecule has 0 spiro atoms. The molecule has 7 nitrogen and oxygen atoms in total. The van der Waals surface area contributed by atoms with E-state index in [0.29, 0.717) is 17.4 Å². The van der Waals surface area contributed by atoms with Crippen molar-refractivity contribution in [2.45, 2.75) is 19.4 Å². The van der Waals surface area contributed by atoms with Crippen LogP contribution in [0.1, 0.15) is 23.7 Å². The van der Waals surface area contributed by atoms with E-state index in [0.717, 1.165) is 12.1 Å². The van der Waals surface area contributed by atoms with Crippen LogP contribution in [0.4, 0.5) is 14.5 Å². The standard InChI is InChI=1S/C20H20F2N2O5/c1-12(19(26)24-16-8-7-13(21)11-15(16)22)29-18(25)9-10-23-20(27)14-5-3-4-6-17(14)28-2/h3-8,11-12H,9-10H2,1-2H3,(H,23,27)(H,24,26)/t12-/m1/s1. The highest BCUT2D eigenvalue weighted by Gasteiger charge is 2.19. The number of nitrogens with one attached hydrogen (secondary N) is 2. The second kappa shape index (κ2) is 10.2. The number of halogens is 2. The summed E-state index contributed by atoms with van der Waals surface area (Å²) in [5.41, 5.74) is 0.0841. The number of para-hydroxylation sites is 1. The zero-order valence-corrected chi connectivity index (χ0v) is 15.8. The van der Waals surface area contributed by atoms with Crippen LogP contribution in [0.3, 0.4) is 0 Å². The van der Waals surface area contributed by atoms with Crippen LogP contribution in [0.2, 0.25) is 0 Å². The van der Waals surface area contributed by atoms with Crippen LogP contribution in [0.15, 0.2) is 42.5 Å². The number of anilines is 1. The number of esters is 1. The minimum Gasteiger partial charge on any atom is -0.496 e. The van der Waals surface area contributed by atoms with Gasteiger partial charge in [-0.1, -0.05) is 12.1 Å². The van der Waals surface area contributed by atoms with Gasteiger partial charge in [0, 0.05) is 12.6 Å². The van der Waals surface area contributed by atoms with Crippen molar-refractivity contribution in [1.29, 1.82) is 0 Å². The van der Waals surface area contributed by atoms with Crippen LogP contribution in [0, 0.1) is 11.6 Å². The SMILES string of the molecule is COc1ccccc1C(=O)NCCC(=O)O[C@H](C)C(=O)Nc1ccc(F)cc1F. The molecule has 0 aliphatic heterocycles. The Kier molecular flexibility index (Phi) is 7.64. The van der Waals surface area contributed by atoms with E-state index in [-0.39, 0.29) is 18.7 Å². The van der Waals surface area contributed by atoms with Crippen molar-refractivity contribution in [2.75, 3.05) is 19.0 Å². The lowest BCUT2D eigenvalue weighted by molar-refractivity contribution is -0.153. The van der Waals surface area contributed by atoms with Crippen LogP contribution >= 0.6 is 0 Å². The molecule has 1 atom stereocenters. The van der Waals surface area contributed by atoms with Gasteiger partial charge in [0.05, 0.1) is 24.8 Å². The molecule has 0 heterocycles. The van der Waals surface area contributed by atoms with Crippen molar-refractivity contribution >= 4 is 23.5 Å². The molecule has 0 bridgehead atoms. The summed E-state index contributed by atoms with van der Waals surface area (Å²) in [7, 11) is 1.44. The van der Waals surface area contributed by atoms with E-state index >= 15 is 0 Å². The summed E-state index contributed by atoms with van der Waals surface area (Å²) in [5, 5.41) is 4.76. The maximum atomic E-state index is 13.6. The molecule has 29 heavy (non-hydrogen) atoms. The molecule has 0 aliphatic rings. The number of amides is 2. The van der Waals surface area contributed by atoms with Crippen LogP contribution < -0.4 is 15.4 Å². The van der Waals surface area contributed by atoms with Crippen molar-refractivity contribution in [3.8, 4) is 5.75 Å². The topological polar surface area (TPSA) is 93.7 Å². The minimum atomic E-state index is -1.21. The third-order valence-corrected chi connectivity index (χ3v) is 3.83. The maximum absolute atomic E-state index is 13.6. The van der Waals surface area contributed by atoms with Crippen LogP contribution in [0.25, 0.3) is 0 Å². The van der Waals surface area contributed by atoms with Crippen LogP contribution in [-0.4, -0.2) is 37.5 Å². The van der Waals surface area contributed by atoms with Crippen LogP contribution in [0.5, 0.6) is 5.75 Å². The van der Waals surface area contributed by atoms with Crippen LogP contribution in [-0.2, 0) is 14.3 Å². The normalized spacial score (nSPS) is 11.3. The Morgan fingerprint density at radius 2 is 1.83 bits per heavy atom. The number of hydrogen-bond acceptors (Lipinski definition) is 5. The molecule has 0 saturated carbocycles. The fourth-order valence-corrected chi connectivity index (χ4v) is 2.34. The minimum absolute atomic E-state index is 0.0172. The molecule has 0 aliphatic carbocycles. The number of rotatable bonds is 8. The first-order valence-corrected chi connectivity index (χ1v) is 8.68. The lowest BCUT2D eigenvalue weighted by Gasteiger charge is -2.14. The largest absolute Gasteiger partial charge is 0.496 e. The summed E-state index contributed by atoms with van der Waals surface area (Å²) < 4.78 is 36.5. The molecule has 2 aromatic carbocycles. The van der Waals surface area contributed by atoms with Gasteiger partial charge in [-0.15, -0.1) is 0 Å². The summed E-state index contributed by atoms with van der Waals surface area (Å²) >= 11 is 0. The second-order valence-corrected chi connectivity index (χ2v) is 5.95. The first kappa shape index (κ1) is 21.8. The summed E-state index contributed by atoms with van der Waals surface area (Å²) in [6.07, 6.45) is -1.39. The third-order valence-electron chi connectivity index (χ3n) is 3.83. The smallest absolute Gasteiger partial charge is 0.308 e. The zero-order chi connectivity index (χ0) is 21.4. The number of benzene rings is 2. The average Bonchev–Trinajstić information content (AvgIpc) is 2.69. The van der Waals surface area contributed by atoms with E-state index in [9.17, 15) is 23.2 Å². The second-order valence-electron chi connectivity index (χ2n) is 5.95. The van der Waals surface area contributed by atoms with Gasteiger partial charge < -0.3 is 20.1 Å². The van der Waals surface area contributed by atoms with Crippen molar-refractivity contribution < 1.29 is 32.6 Å². The van der Waals surface area contributed by atoms with Gasteiger partial charge in [0.1, 0.15) is 17.4 Å². The lowest BCUT2D eigenvalue weighted by atomic mass is 10.2. The van der Waals surface area contributed by atoms with Gasteiger partial charge in [0.2, 0.25) is 0 Å². The molecule has 0 fully saturated rings. The molecule has 9 heteroatoms. The van der Waals surface area contributed by atoms with E-state index in [1.165, 1.54) is 14.0 Å².